The minimum Gasteiger partial charge on any atom is -0.455 e. The van der Waals surface area contributed by atoms with Crippen LogP contribution in [0.2, 0.25) is 5.02 Å². The summed E-state index contributed by atoms with van der Waals surface area (Å²) >= 11 is 5.96. The van der Waals surface area contributed by atoms with Crippen LogP contribution in [0.25, 0.3) is 22.3 Å². The van der Waals surface area contributed by atoms with Crippen molar-refractivity contribution < 1.29 is 18.7 Å². The largest absolute Gasteiger partial charge is 0.455 e. The Labute approximate surface area is 129 Å². The number of fused-ring (bicyclic) bond motifs is 1. The number of esters is 1. The number of benzene rings is 1. The van der Waals surface area contributed by atoms with Crippen molar-refractivity contribution in [3.05, 3.63) is 53.3 Å². The van der Waals surface area contributed by atoms with Gasteiger partial charge in [-0.25, -0.2) is 9.59 Å². The number of halogens is 1. The van der Waals surface area contributed by atoms with Gasteiger partial charge in [0.1, 0.15) is 11.1 Å². The molecule has 0 fully saturated rings. The molecule has 0 saturated carbocycles. The molecule has 2 heterocycles. The highest BCUT2D eigenvalue weighted by molar-refractivity contribution is 6.31. The number of amides is 1. The molecule has 6 nitrogen and oxygen atoms in total. The summed E-state index contributed by atoms with van der Waals surface area (Å²) in [5, 5.41) is 0.844. The highest BCUT2D eigenvalue weighted by Gasteiger charge is 2.25. The Morgan fingerprint density at radius 2 is 2.09 bits per heavy atom. The summed E-state index contributed by atoms with van der Waals surface area (Å²) in [6.45, 7) is 0. The van der Waals surface area contributed by atoms with Crippen LogP contribution >= 0.6 is 11.6 Å². The molecule has 0 aliphatic heterocycles. The van der Waals surface area contributed by atoms with Crippen LogP contribution in [0.4, 0.5) is 4.79 Å². The van der Waals surface area contributed by atoms with Crippen LogP contribution in [-0.2, 0) is 4.74 Å². The Bertz CT molecular complexity index is 874. The van der Waals surface area contributed by atoms with E-state index in [1.165, 1.54) is 6.20 Å². The van der Waals surface area contributed by atoms with Crippen molar-refractivity contribution in [2.45, 2.75) is 0 Å². The molecule has 0 bridgehead atoms. The normalized spacial score (nSPS) is 10.6. The number of aromatic nitrogens is 1. The zero-order valence-corrected chi connectivity index (χ0v) is 11.8. The fraction of sp³-hybridized carbons (Fsp3) is 0. The van der Waals surface area contributed by atoms with Crippen molar-refractivity contribution in [3.63, 3.8) is 0 Å². The van der Waals surface area contributed by atoms with Gasteiger partial charge in [-0.05, 0) is 30.3 Å². The van der Waals surface area contributed by atoms with Gasteiger partial charge in [-0.1, -0.05) is 11.6 Å². The van der Waals surface area contributed by atoms with Crippen molar-refractivity contribution in [2.24, 2.45) is 5.73 Å². The van der Waals surface area contributed by atoms with Crippen molar-refractivity contribution in [2.75, 3.05) is 0 Å². The average molecular weight is 317 g/mol. The Balaban J connectivity index is 2.27. The van der Waals surface area contributed by atoms with E-state index in [4.69, 9.17) is 21.8 Å². The van der Waals surface area contributed by atoms with Crippen LogP contribution in [0.15, 0.2) is 47.1 Å². The Hall–Kier alpha value is -2.86. The van der Waals surface area contributed by atoms with Gasteiger partial charge in [-0.3, -0.25) is 4.98 Å². The van der Waals surface area contributed by atoms with Gasteiger partial charge in [0.25, 0.3) is 0 Å². The van der Waals surface area contributed by atoms with E-state index in [0.717, 1.165) is 0 Å². The summed E-state index contributed by atoms with van der Waals surface area (Å²) in [6, 6.07) is 8.21. The first-order valence-corrected chi connectivity index (χ1v) is 6.58. The van der Waals surface area contributed by atoms with Crippen LogP contribution in [0.5, 0.6) is 0 Å². The second kappa shape index (κ2) is 5.50. The molecule has 1 amide bonds. The standard InChI is InChI=1S/C15H9ClN2O4/c16-9-3-4-11-10(6-9)12(14(19)22-15(17)20)13(21-11)8-2-1-5-18-7-8/h1-7H,(H2,17,20). The van der Waals surface area contributed by atoms with Gasteiger partial charge in [0, 0.05) is 28.4 Å². The number of nitrogens with zero attached hydrogens (tertiary/aromatic N) is 1. The predicted octanol–water partition coefficient (Wildman–Crippen LogP) is 3.38. The van der Waals surface area contributed by atoms with Crippen molar-refractivity contribution in [1.82, 2.24) is 4.98 Å². The minimum atomic E-state index is -1.20. The number of pyridine rings is 1. The van der Waals surface area contributed by atoms with E-state index in [1.54, 1.807) is 36.5 Å². The number of nitrogens with two attached hydrogens (primary N) is 1. The molecule has 0 unspecified atom stereocenters. The van der Waals surface area contributed by atoms with Crippen molar-refractivity contribution in [3.8, 4) is 11.3 Å². The first-order valence-electron chi connectivity index (χ1n) is 6.20. The molecule has 0 aliphatic rings. The first kappa shape index (κ1) is 14.1. The zero-order valence-electron chi connectivity index (χ0n) is 11.1. The van der Waals surface area contributed by atoms with Gasteiger partial charge in [0.15, 0.2) is 5.76 Å². The van der Waals surface area contributed by atoms with E-state index in [0.29, 0.717) is 21.6 Å². The average Bonchev–Trinajstić information content (AvgIpc) is 2.86. The maximum Gasteiger partial charge on any atom is 0.412 e. The number of ether oxygens (including phenoxy) is 1. The van der Waals surface area contributed by atoms with Crippen LogP contribution in [0.3, 0.4) is 0 Å². The number of furan rings is 1. The monoisotopic (exact) mass is 316 g/mol. The maximum absolute atomic E-state index is 12.2. The molecular formula is C15H9ClN2O4. The summed E-state index contributed by atoms with van der Waals surface area (Å²) in [7, 11) is 0. The molecule has 0 spiro atoms. The first-order chi connectivity index (χ1) is 10.6. The summed E-state index contributed by atoms with van der Waals surface area (Å²) in [5.41, 5.74) is 5.98. The zero-order chi connectivity index (χ0) is 15.7. The summed E-state index contributed by atoms with van der Waals surface area (Å²) in [6.07, 6.45) is 1.92. The second-order valence-electron chi connectivity index (χ2n) is 4.40. The lowest BCUT2D eigenvalue weighted by Crippen LogP contribution is -2.18. The van der Waals surface area contributed by atoms with Gasteiger partial charge in [0.2, 0.25) is 0 Å². The lowest BCUT2D eigenvalue weighted by Gasteiger charge is -2.01. The second-order valence-corrected chi connectivity index (χ2v) is 4.83. The van der Waals surface area contributed by atoms with Crippen LogP contribution in [0.1, 0.15) is 10.4 Å². The van der Waals surface area contributed by atoms with Crippen molar-refractivity contribution in [1.29, 1.82) is 0 Å². The molecule has 0 saturated heterocycles. The van der Waals surface area contributed by atoms with E-state index >= 15 is 0 Å². The Morgan fingerprint density at radius 1 is 1.27 bits per heavy atom. The molecular weight excluding hydrogens is 308 g/mol. The molecule has 0 atom stereocenters. The number of rotatable bonds is 2. The Kier molecular flexibility index (Phi) is 3.52. The molecule has 1 aromatic carbocycles. The topological polar surface area (TPSA) is 95.4 Å². The van der Waals surface area contributed by atoms with E-state index < -0.39 is 12.1 Å². The molecule has 0 aliphatic carbocycles. The lowest BCUT2D eigenvalue weighted by molar-refractivity contribution is 0.0640. The molecule has 0 radical (unpaired) electrons. The van der Waals surface area contributed by atoms with E-state index in [9.17, 15) is 9.59 Å². The fourth-order valence-electron chi connectivity index (χ4n) is 2.12. The molecule has 3 aromatic rings. The summed E-state index contributed by atoms with van der Waals surface area (Å²) < 4.78 is 10.2. The number of hydrogen-bond donors (Lipinski definition) is 1. The quantitative estimate of drug-likeness (QED) is 0.577. The van der Waals surface area contributed by atoms with Crippen LogP contribution in [0, 0.1) is 0 Å². The van der Waals surface area contributed by atoms with Gasteiger partial charge in [-0.2, -0.15) is 0 Å². The molecule has 3 rings (SSSR count). The molecule has 2 aromatic heterocycles. The van der Waals surface area contributed by atoms with Gasteiger partial charge >= 0.3 is 12.1 Å². The smallest absolute Gasteiger partial charge is 0.412 e. The molecule has 110 valence electrons. The highest BCUT2D eigenvalue weighted by atomic mass is 35.5. The SMILES string of the molecule is NC(=O)OC(=O)c1c(-c2cccnc2)oc2ccc(Cl)cc12. The summed E-state index contributed by atoms with van der Waals surface area (Å²) in [4.78, 5) is 27.0. The summed E-state index contributed by atoms with van der Waals surface area (Å²) in [5.74, 6) is -0.677. The fourth-order valence-corrected chi connectivity index (χ4v) is 2.29. The third-order valence-electron chi connectivity index (χ3n) is 2.97. The minimum absolute atomic E-state index is 0.0734. The number of carbonyl (C=O) groups excluding carboxylic acids is 2. The van der Waals surface area contributed by atoms with Crippen LogP contribution < -0.4 is 5.73 Å². The molecule has 2 N–H and O–H groups in total. The maximum atomic E-state index is 12.2. The van der Waals surface area contributed by atoms with E-state index in [2.05, 4.69) is 9.72 Å². The number of carbonyl (C=O) groups is 2. The van der Waals surface area contributed by atoms with Gasteiger partial charge < -0.3 is 14.9 Å². The van der Waals surface area contributed by atoms with Crippen LogP contribution in [-0.4, -0.2) is 17.0 Å². The highest BCUT2D eigenvalue weighted by Crippen LogP contribution is 2.35. The number of hydrogen-bond acceptors (Lipinski definition) is 5. The predicted molar refractivity (Wildman–Crippen MR) is 79.5 cm³/mol. The molecule has 7 heteroatoms. The van der Waals surface area contributed by atoms with Crippen molar-refractivity contribution >= 4 is 34.6 Å². The lowest BCUT2D eigenvalue weighted by atomic mass is 10.1. The molecule has 22 heavy (non-hydrogen) atoms. The van der Waals surface area contributed by atoms with Gasteiger partial charge in [0.05, 0.1) is 0 Å². The third-order valence-corrected chi connectivity index (χ3v) is 3.21. The van der Waals surface area contributed by atoms with E-state index in [-0.39, 0.29) is 11.3 Å². The van der Waals surface area contributed by atoms with E-state index in [1.807, 2.05) is 0 Å². The number of primary amides is 1. The van der Waals surface area contributed by atoms with Gasteiger partial charge in [-0.15, -0.1) is 0 Å². The third kappa shape index (κ3) is 2.51. The Morgan fingerprint density at radius 3 is 2.77 bits per heavy atom.